The number of fused-ring (bicyclic) bond motifs is 1. The Bertz CT molecular complexity index is 1170. The average molecular weight is 398 g/mol. The van der Waals surface area contributed by atoms with Crippen LogP contribution in [0, 0.1) is 0 Å². The molecule has 1 heterocycles. The van der Waals surface area contributed by atoms with Crippen LogP contribution < -0.4 is 10.1 Å². The lowest BCUT2D eigenvalue weighted by molar-refractivity contribution is -0.119. The van der Waals surface area contributed by atoms with Crippen molar-refractivity contribution < 1.29 is 19.1 Å². The smallest absolute Gasteiger partial charge is 0.339 e. The van der Waals surface area contributed by atoms with Crippen molar-refractivity contribution in [2.45, 2.75) is 0 Å². The zero-order chi connectivity index (χ0) is 20.8. The molecule has 3 aromatic carbocycles. The maximum Gasteiger partial charge on any atom is 0.339 e. The Balaban J connectivity index is 1.33. The molecule has 4 aromatic rings. The molecule has 0 aliphatic carbocycles. The number of carbonyl (C=O) groups is 2. The van der Waals surface area contributed by atoms with Crippen molar-refractivity contribution in [3.63, 3.8) is 0 Å². The van der Waals surface area contributed by atoms with Gasteiger partial charge in [0.1, 0.15) is 11.5 Å². The van der Waals surface area contributed by atoms with Crippen LogP contribution in [0.5, 0.6) is 11.5 Å². The molecule has 0 radical (unpaired) electrons. The number of nitrogens with zero attached hydrogens (tertiary/aromatic N) is 1. The molecule has 30 heavy (non-hydrogen) atoms. The maximum absolute atomic E-state index is 12.4. The molecule has 0 spiro atoms. The number of anilines is 1. The number of esters is 1. The van der Waals surface area contributed by atoms with Crippen LogP contribution in [0.1, 0.15) is 10.4 Å². The number of hydrogen-bond donors (Lipinski definition) is 1. The summed E-state index contributed by atoms with van der Waals surface area (Å²) in [7, 11) is 0. The van der Waals surface area contributed by atoms with E-state index in [1.165, 1.54) is 0 Å². The first-order valence-electron chi connectivity index (χ1n) is 9.33. The summed E-state index contributed by atoms with van der Waals surface area (Å²) in [6, 6.07) is 25.1. The van der Waals surface area contributed by atoms with E-state index in [9.17, 15) is 9.59 Å². The van der Waals surface area contributed by atoms with Crippen LogP contribution in [-0.2, 0) is 9.53 Å². The van der Waals surface area contributed by atoms with Crippen LogP contribution in [0.25, 0.3) is 10.9 Å². The molecule has 148 valence electrons. The molecule has 0 bridgehead atoms. The molecule has 1 amide bonds. The molecular formula is C24H18N2O4. The first-order chi connectivity index (χ1) is 14.7. The number of rotatable bonds is 6. The largest absolute Gasteiger partial charge is 0.457 e. The molecule has 0 saturated carbocycles. The Morgan fingerprint density at radius 3 is 2.37 bits per heavy atom. The lowest BCUT2D eigenvalue weighted by Crippen LogP contribution is -2.21. The van der Waals surface area contributed by atoms with Gasteiger partial charge in [-0.25, -0.2) is 4.79 Å². The van der Waals surface area contributed by atoms with Gasteiger partial charge in [0.15, 0.2) is 6.61 Å². The first kappa shape index (κ1) is 19.1. The van der Waals surface area contributed by atoms with Crippen LogP contribution >= 0.6 is 0 Å². The van der Waals surface area contributed by atoms with Gasteiger partial charge in [-0.05, 0) is 54.6 Å². The van der Waals surface area contributed by atoms with E-state index in [2.05, 4.69) is 10.3 Å². The van der Waals surface area contributed by atoms with Gasteiger partial charge in [-0.2, -0.15) is 0 Å². The summed E-state index contributed by atoms with van der Waals surface area (Å²) in [5, 5.41) is 3.37. The molecule has 0 saturated heterocycles. The van der Waals surface area contributed by atoms with Gasteiger partial charge in [-0.1, -0.05) is 30.3 Å². The normalized spacial score (nSPS) is 10.4. The van der Waals surface area contributed by atoms with Gasteiger partial charge in [0.05, 0.1) is 11.1 Å². The maximum atomic E-state index is 12.4. The minimum absolute atomic E-state index is 0.371. The molecule has 4 rings (SSSR count). The lowest BCUT2D eigenvalue weighted by atomic mass is 10.1. The van der Waals surface area contributed by atoms with Gasteiger partial charge in [0.2, 0.25) is 0 Å². The van der Waals surface area contributed by atoms with Crippen molar-refractivity contribution >= 4 is 28.5 Å². The van der Waals surface area contributed by atoms with Crippen LogP contribution in [0.2, 0.25) is 0 Å². The van der Waals surface area contributed by atoms with Gasteiger partial charge in [0.25, 0.3) is 5.91 Å². The summed E-state index contributed by atoms with van der Waals surface area (Å²) in [6.45, 7) is -0.391. The molecule has 1 N–H and O–H groups in total. The first-order valence-corrected chi connectivity index (χ1v) is 9.33. The highest BCUT2D eigenvalue weighted by atomic mass is 16.5. The molecular weight excluding hydrogens is 380 g/mol. The minimum Gasteiger partial charge on any atom is -0.457 e. The Morgan fingerprint density at radius 1 is 0.800 bits per heavy atom. The summed E-state index contributed by atoms with van der Waals surface area (Å²) < 4.78 is 10.9. The van der Waals surface area contributed by atoms with Crippen LogP contribution in [0.15, 0.2) is 91.1 Å². The number of ether oxygens (including phenoxy) is 2. The van der Waals surface area contributed by atoms with Gasteiger partial charge in [-0.15, -0.1) is 0 Å². The van der Waals surface area contributed by atoms with Crippen molar-refractivity contribution in [3.05, 3.63) is 96.7 Å². The number of hydrogen-bond acceptors (Lipinski definition) is 5. The van der Waals surface area contributed by atoms with Gasteiger partial charge >= 0.3 is 5.97 Å². The van der Waals surface area contributed by atoms with E-state index in [0.29, 0.717) is 27.9 Å². The second-order valence-electron chi connectivity index (χ2n) is 6.44. The third-order valence-electron chi connectivity index (χ3n) is 4.32. The van der Waals surface area contributed by atoms with Crippen LogP contribution in [-0.4, -0.2) is 23.5 Å². The molecule has 1 aromatic heterocycles. The molecule has 0 atom stereocenters. The quantitative estimate of drug-likeness (QED) is 0.471. The third kappa shape index (κ3) is 4.62. The number of carbonyl (C=O) groups excluding carboxylic acids is 2. The summed E-state index contributed by atoms with van der Waals surface area (Å²) in [4.78, 5) is 28.8. The fourth-order valence-corrected chi connectivity index (χ4v) is 2.92. The number of amides is 1. The number of nitrogens with one attached hydrogen (secondary N) is 1. The Labute approximate surface area is 173 Å². The topological polar surface area (TPSA) is 77.5 Å². The monoisotopic (exact) mass is 398 g/mol. The third-order valence-corrected chi connectivity index (χ3v) is 4.32. The molecule has 0 aliphatic rings. The van der Waals surface area contributed by atoms with Crippen LogP contribution in [0.4, 0.5) is 5.69 Å². The minimum atomic E-state index is -0.574. The second kappa shape index (κ2) is 8.87. The van der Waals surface area contributed by atoms with E-state index in [4.69, 9.17) is 9.47 Å². The fraction of sp³-hybridized carbons (Fsp3) is 0.0417. The van der Waals surface area contributed by atoms with Gasteiger partial charge < -0.3 is 14.8 Å². The Kier molecular flexibility index (Phi) is 5.66. The lowest BCUT2D eigenvalue weighted by Gasteiger charge is -2.09. The van der Waals surface area contributed by atoms with E-state index in [0.717, 1.165) is 5.75 Å². The summed E-state index contributed by atoms with van der Waals surface area (Å²) in [5.74, 6) is 0.369. The molecule has 6 heteroatoms. The van der Waals surface area contributed by atoms with Crippen molar-refractivity contribution in [1.29, 1.82) is 0 Å². The second-order valence-corrected chi connectivity index (χ2v) is 6.44. The Morgan fingerprint density at radius 2 is 1.57 bits per heavy atom. The molecule has 6 nitrogen and oxygen atoms in total. The zero-order valence-corrected chi connectivity index (χ0v) is 15.9. The number of benzene rings is 3. The summed E-state index contributed by atoms with van der Waals surface area (Å²) in [5.41, 5.74) is 1.64. The van der Waals surface area contributed by atoms with Crippen molar-refractivity contribution in [1.82, 2.24) is 4.98 Å². The molecule has 0 fully saturated rings. The summed E-state index contributed by atoms with van der Waals surface area (Å²) >= 11 is 0. The number of aromatic nitrogens is 1. The average Bonchev–Trinajstić information content (AvgIpc) is 2.79. The zero-order valence-electron chi connectivity index (χ0n) is 15.9. The summed E-state index contributed by atoms with van der Waals surface area (Å²) in [6.07, 6.45) is 1.65. The van der Waals surface area contributed by atoms with Gasteiger partial charge in [0, 0.05) is 17.3 Å². The van der Waals surface area contributed by atoms with E-state index in [-0.39, 0.29) is 0 Å². The highest BCUT2D eigenvalue weighted by molar-refractivity contribution is 6.04. The van der Waals surface area contributed by atoms with Crippen molar-refractivity contribution in [2.75, 3.05) is 11.9 Å². The van der Waals surface area contributed by atoms with E-state index in [1.807, 2.05) is 36.4 Å². The van der Waals surface area contributed by atoms with Crippen molar-refractivity contribution in [2.24, 2.45) is 0 Å². The van der Waals surface area contributed by atoms with Crippen molar-refractivity contribution in [3.8, 4) is 11.5 Å². The number of para-hydroxylation sites is 1. The molecule has 0 unspecified atom stereocenters. The van der Waals surface area contributed by atoms with E-state index in [1.54, 1.807) is 54.7 Å². The highest BCUT2D eigenvalue weighted by Gasteiger charge is 2.13. The van der Waals surface area contributed by atoms with Gasteiger partial charge in [-0.3, -0.25) is 9.78 Å². The standard InChI is InChI=1S/C24H18N2O4/c27-23(16-29-24(28)21-8-4-10-22-20(21)9-5-15-25-22)26-17-11-13-19(14-12-17)30-18-6-2-1-3-7-18/h1-15H,16H2,(H,26,27). The van der Waals surface area contributed by atoms with E-state index >= 15 is 0 Å². The highest BCUT2D eigenvalue weighted by Crippen LogP contribution is 2.22. The molecule has 0 aliphatic heterocycles. The predicted molar refractivity (Wildman–Crippen MR) is 114 cm³/mol. The van der Waals surface area contributed by atoms with Crippen LogP contribution in [0.3, 0.4) is 0 Å². The Hall–Kier alpha value is -4.19. The van der Waals surface area contributed by atoms with E-state index < -0.39 is 18.5 Å². The fourth-order valence-electron chi connectivity index (χ4n) is 2.92. The number of pyridine rings is 1. The SMILES string of the molecule is O=C(COC(=O)c1cccc2ncccc12)Nc1ccc(Oc2ccccc2)cc1. The predicted octanol–water partition coefficient (Wildman–Crippen LogP) is 4.82.